The molecule has 0 spiro atoms. The molecule has 0 aliphatic rings. The van der Waals surface area contributed by atoms with Gasteiger partial charge in [-0.1, -0.05) is 60.7 Å². The zero-order valence-corrected chi connectivity index (χ0v) is 35.8. The first-order chi connectivity index (χ1) is 33.6. The second-order valence-electron chi connectivity index (χ2n) is 15.1. The van der Waals surface area contributed by atoms with Crippen LogP contribution in [0.25, 0.3) is 110 Å². The number of aromatic nitrogens is 10. The predicted octanol–water partition coefficient (Wildman–Crippen LogP) is 11.8. The molecule has 0 unspecified atom stereocenters. The van der Waals surface area contributed by atoms with Gasteiger partial charge in [-0.25, -0.2) is 49.8 Å². The van der Waals surface area contributed by atoms with E-state index in [0.29, 0.717) is 110 Å². The minimum atomic E-state index is 0.572. The number of hydrogen-bond acceptors (Lipinski definition) is 10. The highest BCUT2D eigenvalue weighted by molar-refractivity contribution is 5.84. The highest BCUT2D eigenvalue weighted by Crippen LogP contribution is 2.16. The molecule has 0 saturated carbocycles. The van der Waals surface area contributed by atoms with E-state index in [1.54, 1.807) is 0 Å². The van der Waals surface area contributed by atoms with E-state index in [9.17, 15) is 0 Å². The van der Waals surface area contributed by atoms with Gasteiger partial charge in [-0.15, -0.1) is 0 Å². The van der Waals surface area contributed by atoms with Crippen LogP contribution in [0.4, 0.5) is 0 Å². The van der Waals surface area contributed by atoms with Crippen LogP contribution in [0.2, 0.25) is 0 Å². The Hall–Kier alpha value is -10.3. The molecule has 10 heteroatoms. The van der Waals surface area contributed by atoms with E-state index in [1.165, 1.54) is 0 Å². The summed E-state index contributed by atoms with van der Waals surface area (Å²) in [5, 5.41) is 0. The summed E-state index contributed by atoms with van der Waals surface area (Å²) < 4.78 is 0. The van der Waals surface area contributed by atoms with Crippen molar-refractivity contribution in [3.8, 4) is 0 Å². The Morgan fingerprint density at radius 1 is 0.147 bits per heavy atom. The molecular weight excluding hydrogens is 837 g/mol. The number of hydrogen-bond donors (Lipinski definition) is 0. The molecule has 10 nitrogen and oxygen atoms in total. The summed E-state index contributed by atoms with van der Waals surface area (Å²) >= 11 is 0. The fourth-order valence-electron chi connectivity index (χ4n) is 7.13. The van der Waals surface area contributed by atoms with E-state index in [0.717, 1.165) is 0 Å². The molecule has 0 aromatic carbocycles. The number of nitrogens with zero attached hydrogens (tertiary/aromatic N) is 10. The van der Waals surface area contributed by atoms with Gasteiger partial charge in [0.1, 0.15) is 44.1 Å². The van der Waals surface area contributed by atoms with Gasteiger partial charge in [-0.2, -0.15) is 0 Å². The monoisotopic (exact) mass is 866 g/mol. The zero-order chi connectivity index (χ0) is 45.5. The predicted molar refractivity (Wildman–Crippen MR) is 267 cm³/mol. The summed E-state index contributed by atoms with van der Waals surface area (Å²) in [7, 11) is 0. The van der Waals surface area contributed by atoms with Crippen molar-refractivity contribution in [3.05, 3.63) is 231 Å². The molecule has 11 aromatic heterocycles. The molecule has 11 aromatic rings. The molecule has 20 bridgehead atoms. The summed E-state index contributed by atoms with van der Waals surface area (Å²) in [5.41, 5.74) is 12.6. The Kier molecular flexibility index (Phi) is 11.0. The first-order valence-corrected chi connectivity index (χ1v) is 21.4. The topological polar surface area (TPSA) is 129 Å². The second-order valence-corrected chi connectivity index (χ2v) is 15.1. The maximum Gasteiger partial charge on any atom is 0.114 e. The highest BCUT2D eigenvalue weighted by atomic mass is 14.8. The molecule has 0 atom stereocenters. The lowest BCUT2D eigenvalue weighted by Crippen LogP contribution is -1.83. The van der Waals surface area contributed by atoms with Crippen molar-refractivity contribution in [2.24, 2.45) is 0 Å². The average Bonchev–Trinajstić information content (AvgIpc) is 3.41. The van der Waals surface area contributed by atoms with Crippen molar-refractivity contribution in [2.75, 3.05) is 0 Å². The van der Waals surface area contributed by atoms with E-state index in [-0.39, 0.29) is 0 Å². The standard InChI is InChI=1S/C58H30N10/c1-11-39-31-35-43-15-5-23-51(63-43)55-27-9-28-56(67-55)53-25-7-17-45(65-53)37-33-41-13-3-21-49(61-41)50-22-4-14-42(62-50)34-38-46-18-8-26-54(66-46)58-30-10-29-57(68-58)52-24-6-16-44(64-52)36-32-40-12-2-20-48(60-40)47(19-1)59-39/h1-30H. The summed E-state index contributed by atoms with van der Waals surface area (Å²) in [6, 6.07) is 82.3. The lowest BCUT2D eigenvalue weighted by Gasteiger charge is -1.96. The van der Waals surface area contributed by atoms with Crippen LogP contribution in [0.3, 0.4) is 0 Å². The van der Waals surface area contributed by atoms with Crippen molar-refractivity contribution in [1.29, 1.82) is 0 Å². The highest BCUT2D eigenvalue weighted by Gasteiger charge is 2.00. The minimum absolute atomic E-state index is 0.572. The summed E-state index contributed by atoms with van der Waals surface area (Å²) in [6.07, 6.45) is 0. The smallest absolute Gasteiger partial charge is 0.114 e. The second kappa shape index (κ2) is 18.5. The van der Waals surface area contributed by atoms with Gasteiger partial charge in [0, 0.05) is 0 Å². The van der Waals surface area contributed by atoms with Gasteiger partial charge in [-0.05, 0) is 170 Å². The first-order valence-electron chi connectivity index (χ1n) is 21.4. The van der Waals surface area contributed by atoms with Gasteiger partial charge in [0.05, 0.1) is 66.2 Å². The van der Waals surface area contributed by atoms with Crippen LogP contribution in [0, 0.1) is 48.5 Å². The Balaban J connectivity index is 1.09. The molecule has 11 heterocycles. The summed E-state index contributed by atoms with van der Waals surface area (Å²) in [4.78, 5) is 48.4. The Morgan fingerprint density at radius 2 is 0.265 bits per heavy atom. The van der Waals surface area contributed by atoms with Gasteiger partial charge >= 0.3 is 0 Å². The molecule has 68 heavy (non-hydrogen) atoms. The molecule has 0 aliphatic carbocycles. The summed E-state index contributed by atoms with van der Waals surface area (Å²) in [5.74, 6) is 0. The van der Waals surface area contributed by atoms with E-state index in [1.807, 2.05) is 182 Å². The molecule has 0 aliphatic heterocycles. The van der Waals surface area contributed by atoms with E-state index < -0.39 is 0 Å². The van der Waals surface area contributed by atoms with Gasteiger partial charge in [0.25, 0.3) is 0 Å². The average molecular weight is 867 g/mol. The number of rotatable bonds is 0. The van der Waals surface area contributed by atoms with Crippen LogP contribution in [-0.2, 0) is 0 Å². The minimum Gasteiger partial charge on any atom is -0.245 e. The van der Waals surface area contributed by atoms with Crippen molar-refractivity contribution in [3.63, 3.8) is 0 Å². The molecule has 0 saturated heterocycles. The molecular formula is C58H30N10. The SMILES string of the molecule is c1c2cccc(n2)c2cccc(c#cc3cccc(n3)c3cccc(n3)c3cccc(c#cc4cccc(n4)c4cccc(c#cc5cccc(n5)c5cccc(n5)c5cccc(c#1)n5)n4)n3)n2. The quantitative estimate of drug-likeness (QED) is 0.145. The third kappa shape index (κ3) is 9.34. The normalized spacial score (nSPS) is 10.5. The Morgan fingerprint density at radius 3 is 0.412 bits per heavy atom. The lowest BCUT2D eigenvalue weighted by molar-refractivity contribution is 1.41. The van der Waals surface area contributed by atoms with Crippen LogP contribution in [0.5, 0.6) is 0 Å². The van der Waals surface area contributed by atoms with Crippen LogP contribution < -0.4 is 0 Å². The molecule has 0 amide bonds. The van der Waals surface area contributed by atoms with Gasteiger partial charge in [0.15, 0.2) is 0 Å². The molecule has 312 valence electrons. The third-order valence-corrected chi connectivity index (χ3v) is 10.3. The third-order valence-electron chi connectivity index (χ3n) is 10.3. The van der Waals surface area contributed by atoms with Crippen LogP contribution >= 0.6 is 0 Å². The number of pyridine rings is 10. The lowest BCUT2D eigenvalue weighted by atomic mass is 10.2. The molecule has 0 fully saturated rings. The van der Waals surface area contributed by atoms with Crippen LogP contribution in [-0.4, -0.2) is 49.8 Å². The Bertz CT molecular complexity index is 3670. The van der Waals surface area contributed by atoms with Crippen molar-refractivity contribution in [2.45, 2.75) is 0 Å². The van der Waals surface area contributed by atoms with Gasteiger partial charge in [-0.3, -0.25) is 0 Å². The Labute approximate surface area is 389 Å². The van der Waals surface area contributed by atoms with Gasteiger partial charge < -0.3 is 0 Å². The van der Waals surface area contributed by atoms with E-state index in [2.05, 4.69) is 48.5 Å². The molecule has 0 radical (unpaired) electrons. The van der Waals surface area contributed by atoms with Crippen LogP contribution in [0.1, 0.15) is 0 Å². The van der Waals surface area contributed by atoms with Crippen LogP contribution in [0.15, 0.2) is 182 Å². The maximum atomic E-state index is 4.93. The maximum absolute atomic E-state index is 4.93. The molecule has 0 N–H and O–H groups in total. The fraction of sp³-hybridized carbons (Fsp3) is 0. The van der Waals surface area contributed by atoms with Gasteiger partial charge in [0.2, 0.25) is 0 Å². The van der Waals surface area contributed by atoms with E-state index in [4.69, 9.17) is 49.8 Å². The first kappa shape index (κ1) is 40.5. The molecule has 11 rings (SSSR count). The van der Waals surface area contributed by atoms with Crippen molar-refractivity contribution in [1.82, 2.24) is 49.8 Å². The largest absolute Gasteiger partial charge is 0.245 e. The van der Waals surface area contributed by atoms with Crippen molar-refractivity contribution >= 4 is 110 Å². The number of fused-ring (bicyclic) bond motifs is 26. The fourth-order valence-corrected chi connectivity index (χ4v) is 7.13. The zero-order valence-electron chi connectivity index (χ0n) is 35.8. The van der Waals surface area contributed by atoms with E-state index >= 15 is 0 Å². The summed E-state index contributed by atoms with van der Waals surface area (Å²) in [6.45, 7) is 0. The van der Waals surface area contributed by atoms with Crippen molar-refractivity contribution < 1.29 is 0 Å².